The molecule has 7 heteroatoms. The van der Waals surface area contributed by atoms with Gasteiger partial charge in [-0.1, -0.05) is 0 Å². The molecule has 1 aliphatic rings. The number of urea groups is 1. The van der Waals surface area contributed by atoms with Crippen LogP contribution < -0.4 is 10.6 Å². The van der Waals surface area contributed by atoms with Gasteiger partial charge in [-0.15, -0.1) is 0 Å². The predicted octanol–water partition coefficient (Wildman–Crippen LogP) is -0.578. The van der Waals surface area contributed by atoms with Crippen molar-refractivity contribution in [3.63, 3.8) is 0 Å². The largest absolute Gasteiger partial charge is 0.481 e. The molecule has 0 aromatic rings. The minimum atomic E-state index is -1.07. The van der Waals surface area contributed by atoms with Crippen LogP contribution in [0.3, 0.4) is 0 Å². The van der Waals surface area contributed by atoms with E-state index in [9.17, 15) is 9.59 Å². The fourth-order valence-electron chi connectivity index (χ4n) is 1.56. The van der Waals surface area contributed by atoms with Crippen molar-refractivity contribution in [1.82, 2.24) is 10.6 Å². The van der Waals surface area contributed by atoms with E-state index in [1.807, 2.05) is 0 Å². The lowest BCUT2D eigenvalue weighted by Gasteiger charge is -2.25. The zero-order chi connectivity index (χ0) is 12.9. The highest BCUT2D eigenvalue weighted by Crippen LogP contribution is 2.28. The van der Waals surface area contributed by atoms with Crippen LogP contribution in [0.1, 0.15) is 6.92 Å². The number of carbonyl (C=O) groups is 2. The molecule has 0 saturated carbocycles. The lowest BCUT2D eigenvalue weighted by molar-refractivity contribution is -0.148. The molecule has 1 fully saturated rings. The number of carboxylic acids is 1. The van der Waals surface area contributed by atoms with E-state index < -0.39 is 23.5 Å². The minimum Gasteiger partial charge on any atom is -0.481 e. The molecule has 2 unspecified atom stereocenters. The number of carbonyl (C=O) groups excluding carboxylic acids is 1. The summed E-state index contributed by atoms with van der Waals surface area (Å²) in [4.78, 5) is 22.6. The highest BCUT2D eigenvalue weighted by molar-refractivity contribution is 5.79. The molecule has 2 amide bonds. The number of rotatable bonds is 5. The summed E-state index contributed by atoms with van der Waals surface area (Å²) < 4.78 is 9.89. The quantitative estimate of drug-likeness (QED) is 0.564. The predicted molar refractivity (Wildman–Crippen MR) is 58.8 cm³/mol. The van der Waals surface area contributed by atoms with E-state index in [-0.39, 0.29) is 13.2 Å². The summed E-state index contributed by atoms with van der Waals surface area (Å²) in [6.07, 6.45) is 0. The monoisotopic (exact) mass is 246 g/mol. The summed E-state index contributed by atoms with van der Waals surface area (Å²) in [7, 11) is 1.53. The van der Waals surface area contributed by atoms with E-state index in [2.05, 4.69) is 10.6 Å². The van der Waals surface area contributed by atoms with Gasteiger partial charge in [0.25, 0.3) is 0 Å². The molecule has 0 bridgehead atoms. The highest BCUT2D eigenvalue weighted by Gasteiger charge is 2.47. The number of nitrogens with one attached hydrogen (secondary N) is 2. The number of amides is 2. The molecule has 0 aromatic heterocycles. The summed E-state index contributed by atoms with van der Waals surface area (Å²) in [5, 5.41) is 14.3. The Morgan fingerprint density at radius 1 is 1.59 bits per heavy atom. The van der Waals surface area contributed by atoms with Crippen molar-refractivity contribution in [3.05, 3.63) is 0 Å². The van der Waals surface area contributed by atoms with Crippen LogP contribution in [-0.2, 0) is 14.3 Å². The Hall–Kier alpha value is -1.34. The molecule has 7 nitrogen and oxygen atoms in total. The molecule has 98 valence electrons. The number of ether oxygens (including phenoxy) is 2. The van der Waals surface area contributed by atoms with Gasteiger partial charge in [-0.05, 0) is 6.92 Å². The Bertz CT molecular complexity index is 296. The number of carboxylic acid groups (broad SMARTS) is 1. The van der Waals surface area contributed by atoms with Crippen LogP contribution >= 0.6 is 0 Å². The zero-order valence-electron chi connectivity index (χ0n) is 9.99. The van der Waals surface area contributed by atoms with Crippen LogP contribution in [0.2, 0.25) is 0 Å². The van der Waals surface area contributed by atoms with Crippen molar-refractivity contribution in [2.75, 3.05) is 33.5 Å². The molecule has 0 aliphatic carbocycles. The molecule has 0 spiro atoms. The van der Waals surface area contributed by atoms with Gasteiger partial charge in [0.15, 0.2) is 0 Å². The lowest BCUT2D eigenvalue weighted by Crippen LogP contribution is -2.52. The van der Waals surface area contributed by atoms with Crippen molar-refractivity contribution >= 4 is 12.0 Å². The van der Waals surface area contributed by atoms with E-state index in [1.54, 1.807) is 6.92 Å². The van der Waals surface area contributed by atoms with Gasteiger partial charge < -0.3 is 25.2 Å². The van der Waals surface area contributed by atoms with Crippen LogP contribution in [0.5, 0.6) is 0 Å². The van der Waals surface area contributed by atoms with E-state index in [1.165, 1.54) is 7.11 Å². The maximum Gasteiger partial charge on any atom is 0.315 e. The molecule has 1 heterocycles. The van der Waals surface area contributed by atoms with Gasteiger partial charge in [0.05, 0.1) is 25.9 Å². The second-order valence-corrected chi connectivity index (χ2v) is 4.18. The fourth-order valence-corrected chi connectivity index (χ4v) is 1.56. The Balaban J connectivity index is 2.45. The third kappa shape index (κ3) is 3.31. The van der Waals surface area contributed by atoms with Crippen molar-refractivity contribution in [3.8, 4) is 0 Å². The normalized spacial score (nSPS) is 27.8. The third-order valence-electron chi connectivity index (χ3n) is 2.84. The number of aliphatic carboxylic acids is 1. The second-order valence-electron chi connectivity index (χ2n) is 4.18. The summed E-state index contributed by atoms with van der Waals surface area (Å²) >= 11 is 0. The maximum atomic E-state index is 11.5. The molecule has 0 radical (unpaired) electrons. The Morgan fingerprint density at radius 2 is 2.29 bits per heavy atom. The van der Waals surface area contributed by atoms with E-state index in [0.29, 0.717) is 13.2 Å². The molecule has 0 aromatic carbocycles. The summed E-state index contributed by atoms with van der Waals surface area (Å²) in [5.41, 5.74) is -1.07. The Kier molecular flexibility index (Phi) is 4.71. The Morgan fingerprint density at radius 3 is 2.88 bits per heavy atom. The van der Waals surface area contributed by atoms with Gasteiger partial charge >= 0.3 is 12.0 Å². The maximum absolute atomic E-state index is 11.5. The zero-order valence-corrected chi connectivity index (χ0v) is 9.99. The first-order valence-electron chi connectivity index (χ1n) is 5.35. The van der Waals surface area contributed by atoms with Crippen LogP contribution in [-0.4, -0.2) is 56.6 Å². The van der Waals surface area contributed by atoms with Crippen molar-refractivity contribution in [1.29, 1.82) is 0 Å². The smallest absolute Gasteiger partial charge is 0.315 e. The first-order chi connectivity index (χ1) is 8.00. The van der Waals surface area contributed by atoms with Gasteiger partial charge in [-0.25, -0.2) is 4.79 Å². The SMILES string of the molecule is COCCNC(=O)NC1COCC1(C)C(=O)O. The molecule has 1 saturated heterocycles. The van der Waals surface area contributed by atoms with Crippen molar-refractivity contribution < 1.29 is 24.2 Å². The fraction of sp³-hybridized carbons (Fsp3) is 0.800. The number of hydrogen-bond acceptors (Lipinski definition) is 4. The van der Waals surface area contributed by atoms with E-state index >= 15 is 0 Å². The van der Waals surface area contributed by atoms with Gasteiger partial charge in [0.2, 0.25) is 0 Å². The highest BCUT2D eigenvalue weighted by atomic mass is 16.5. The molecule has 1 rings (SSSR count). The van der Waals surface area contributed by atoms with Crippen LogP contribution in [0.25, 0.3) is 0 Å². The van der Waals surface area contributed by atoms with Gasteiger partial charge in [0, 0.05) is 13.7 Å². The average Bonchev–Trinajstić information content (AvgIpc) is 2.62. The molecular formula is C10H18N2O5. The van der Waals surface area contributed by atoms with Crippen molar-refractivity contribution in [2.24, 2.45) is 5.41 Å². The second kappa shape index (κ2) is 5.83. The van der Waals surface area contributed by atoms with Crippen LogP contribution in [0.4, 0.5) is 4.79 Å². The number of methoxy groups -OCH3 is 1. The summed E-state index contributed by atoms with van der Waals surface area (Å²) in [6, 6.07) is -0.937. The van der Waals surface area contributed by atoms with E-state index in [0.717, 1.165) is 0 Å². The van der Waals surface area contributed by atoms with Gasteiger partial charge in [0.1, 0.15) is 5.41 Å². The third-order valence-corrected chi connectivity index (χ3v) is 2.84. The summed E-state index contributed by atoms with van der Waals surface area (Å²) in [5.74, 6) is -0.975. The summed E-state index contributed by atoms with van der Waals surface area (Å²) in [6.45, 7) is 2.65. The standard InChI is InChI=1S/C10H18N2O5/c1-10(8(13)14)6-17-5-7(10)12-9(15)11-3-4-16-2/h7H,3-6H2,1-2H3,(H,13,14)(H2,11,12,15). The molecular weight excluding hydrogens is 228 g/mol. The number of hydrogen-bond donors (Lipinski definition) is 3. The average molecular weight is 246 g/mol. The molecule has 1 aliphatic heterocycles. The first kappa shape index (κ1) is 13.7. The first-order valence-corrected chi connectivity index (χ1v) is 5.35. The Labute approximate surface area is 99.5 Å². The molecule has 2 atom stereocenters. The topological polar surface area (TPSA) is 96.9 Å². The van der Waals surface area contributed by atoms with E-state index in [4.69, 9.17) is 14.6 Å². The molecule has 3 N–H and O–H groups in total. The van der Waals surface area contributed by atoms with Gasteiger partial charge in [-0.3, -0.25) is 4.79 Å². The minimum absolute atomic E-state index is 0.103. The molecule has 17 heavy (non-hydrogen) atoms. The van der Waals surface area contributed by atoms with Gasteiger partial charge in [-0.2, -0.15) is 0 Å². The van der Waals surface area contributed by atoms with Crippen LogP contribution in [0, 0.1) is 5.41 Å². The van der Waals surface area contributed by atoms with Crippen molar-refractivity contribution in [2.45, 2.75) is 13.0 Å². The van der Waals surface area contributed by atoms with Crippen LogP contribution in [0.15, 0.2) is 0 Å². The lowest BCUT2D eigenvalue weighted by atomic mass is 9.85.